The fourth-order valence-electron chi connectivity index (χ4n) is 2.74. The summed E-state index contributed by atoms with van der Waals surface area (Å²) in [5.74, 6) is 0.303. The van der Waals surface area contributed by atoms with E-state index in [0.717, 1.165) is 17.7 Å². The summed E-state index contributed by atoms with van der Waals surface area (Å²) in [4.78, 5) is 24.9. The Morgan fingerprint density at radius 1 is 0.828 bits per heavy atom. The molecule has 5 heteroatoms. The molecule has 0 heterocycles. The average Bonchev–Trinajstić information content (AvgIpc) is 2.77. The van der Waals surface area contributed by atoms with Crippen molar-refractivity contribution in [2.24, 2.45) is 0 Å². The standard InChI is InChI=1S/C24H24N2O3/c1-2-15-29-22-13-11-19(12-14-22)24(28)26-21-10-6-9-20(16-21)23(27)25-17-18-7-4-3-5-8-18/h3-14,16H,2,15,17H2,1H3,(H,25,27)(H,26,28). The number of anilines is 1. The Kier molecular flexibility index (Phi) is 7.00. The zero-order chi connectivity index (χ0) is 20.5. The molecule has 0 fully saturated rings. The fourth-order valence-corrected chi connectivity index (χ4v) is 2.74. The molecule has 0 radical (unpaired) electrons. The summed E-state index contributed by atoms with van der Waals surface area (Å²) in [5.41, 5.74) is 2.60. The summed E-state index contributed by atoms with van der Waals surface area (Å²) < 4.78 is 5.53. The van der Waals surface area contributed by atoms with E-state index in [2.05, 4.69) is 10.6 Å². The van der Waals surface area contributed by atoms with Crippen LogP contribution in [0.5, 0.6) is 5.75 Å². The summed E-state index contributed by atoms with van der Waals surface area (Å²) in [6, 6.07) is 23.6. The van der Waals surface area contributed by atoms with E-state index < -0.39 is 0 Å². The van der Waals surface area contributed by atoms with Gasteiger partial charge in [0.1, 0.15) is 5.75 Å². The molecule has 3 aromatic carbocycles. The molecule has 29 heavy (non-hydrogen) atoms. The van der Waals surface area contributed by atoms with Crippen molar-refractivity contribution in [2.75, 3.05) is 11.9 Å². The lowest BCUT2D eigenvalue weighted by atomic mass is 10.1. The second kappa shape index (κ2) is 10.1. The van der Waals surface area contributed by atoms with Gasteiger partial charge in [0.15, 0.2) is 0 Å². The van der Waals surface area contributed by atoms with Gasteiger partial charge in [-0.05, 0) is 54.4 Å². The largest absolute Gasteiger partial charge is 0.494 e. The van der Waals surface area contributed by atoms with Gasteiger partial charge in [-0.3, -0.25) is 9.59 Å². The third-order valence-corrected chi connectivity index (χ3v) is 4.27. The van der Waals surface area contributed by atoms with Gasteiger partial charge in [-0.2, -0.15) is 0 Å². The molecule has 3 rings (SSSR count). The predicted octanol–water partition coefficient (Wildman–Crippen LogP) is 4.66. The molecule has 0 aliphatic rings. The fraction of sp³-hybridized carbons (Fsp3) is 0.167. The molecule has 0 spiro atoms. The van der Waals surface area contributed by atoms with E-state index in [-0.39, 0.29) is 11.8 Å². The number of carbonyl (C=O) groups is 2. The van der Waals surface area contributed by atoms with Gasteiger partial charge in [-0.25, -0.2) is 0 Å². The van der Waals surface area contributed by atoms with Crippen molar-refractivity contribution in [3.63, 3.8) is 0 Å². The highest BCUT2D eigenvalue weighted by atomic mass is 16.5. The smallest absolute Gasteiger partial charge is 0.255 e. The van der Waals surface area contributed by atoms with Crippen molar-refractivity contribution in [1.82, 2.24) is 5.32 Å². The molecule has 0 atom stereocenters. The maximum Gasteiger partial charge on any atom is 0.255 e. The van der Waals surface area contributed by atoms with Crippen LogP contribution in [0.1, 0.15) is 39.6 Å². The molecular formula is C24H24N2O3. The second-order valence-electron chi connectivity index (χ2n) is 6.58. The lowest BCUT2D eigenvalue weighted by Crippen LogP contribution is -2.23. The van der Waals surface area contributed by atoms with Crippen LogP contribution in [0.15, 0.2) is 78.9 Å². The highest BCUT2D eigenvalue weighted by Crippen LogP contribution is 2.16. The van der Waals surface area contributed by atoms with Gasteiger partial charge >= 0.3 is 0 Å². The van der Waals surface area contributed by atoms with Crippen LogP contribution in [0.25, 0.3) is 0 Å². The maximum absolute atomic E-state index is 12.5. The van der Waals surface area contributed by atoms with Gasteiger partial charge in [-0.15, -0.1) is 0 Å². The van der Waals surface area contributed by atoms with Gasteiger partial charge in [0.25, 0.3) is 11.8 Å². The van der Waals surface area contributed by atoms with Crippen molar-refractivity contribution in [3.8, 4) is 5.75 Å². The van der Waals surface area contributed by atoms with Crippen LogP contribution in [0.3, 0.4) is 0 Å². The monoisotopic (exact) mass is 388 g/mol. The topological polar surface area (TPSA) is 67.4 Å². The summed E-state index contributed by atoms with van der Waals surface area (Å²) in [7, 11) is 0. The number of carbonyl (C=O) groups excluding carboxylic acids is 2. The highest BCUT2D eigenvalue weighted by Gasteiger charge is 2.10. The van der Waals surface area contributed by atoms with Crippen LogP contribution in [0, 0.1) is 0 Å². The minimum atomic E-state index is -0.242. The van der Waals surface area contributed by atoms with Gasteiger partial charge < -0.3 is 15.4 Å². The molecule has 0 saturated heterocycles. The lowest BCUT2D eigenvalue weighted by molar-refractivity contribution is 0.0949. The first kappa shape index (κ1) is 20.1. The van der Waals surface area contributed by atoms with Crippen LogP contribution in [0.2, 0.25) is 0 Å². The van der Waals surface area contributed by atoms with E-state index in [4.69, 9.17) is 4.74 Å². The van der Waals surface area contributed by atoms with Crippen molar-refractivity contribution in [1.29, 1.82) is 0 Å². The van der Waals surface area contributed by atoms with E-state index in [9.17, 15) is 9.59 Å². The number of hydrogen-bond donors (Lipinski definition) is 2. The third kappa shape index (κ3) is 5.94. The van der Waals surface area contributed by atoms with Crippen molar-refractivity contribution in [2.45, 2.75) is 19.9 Å². The molecule has 0 aliphatic carbocycles. The van der Waals surface area contributed by atoms with Gasteiger partial charge in [0.05, 0.1) is 6.61 Å². The van der Waals surface area contributed by atoms with E-state index in [1.807, 2.05) is 37.3 Å². The Balaban J connectivity index is 1.60. The first-order valence-corrected chi connectivity index (χ1v) is 9.62. The first-order chi connectivity index (χ1) is 14.2. The second-order valence-corrected chi connectivity index (χ2v) is 6.58. The Morgan fingerprint density at radius 3 is 2.31 bits per heavy atom. The van der Waals surface area contributed by atoms with Crippen molar-refractivity contribution in [3.05, 3.63) is 95.6 Å². The summed E-state index contributed by atoms with van der Waals surface area (Å²) in [6.45, 7) is 3.13. The van der Waals surface area contributed by atoms with Crippen molar-refractivity contribution >= 4 is 17.5 Å². The molecule has 2 N–H and O–H groups in total. The molecule has 0 saturated carbocycles. The van der Waals surface area contributed by atoms with Gasteiger partial charge in [0.2, 0.25) is 0 Å². The van der Waals surface area contributed by atoms with Crippen LogP contribution in [0.4, 0.5) is 5.69 Å². The molecule has 3 aromatic rings. The molecule has 2 amide bonds. The maximum atomic E-state index is 12.5. The SMILES string of the molecule is CCCOc1ccc(C(=O)Nc2cccc(C(=O)NCc3ccccc3)c2)cc1. The van der Waals surface area contributed by atoms with Crippen LogP contribution < -0.4 is 15.4 Å². The van der Waals surface area contributed by atoms with E-state index in [1.165, 1.54) is 0 Å². The summed E-state index contributed by atoms with van der Waals surface area (Å²) in [5, 5.41) is 5.72. The molecule has 0 unspecified atom stereocenters. The Morgan fingerprint density at radius 2 is 1.59 bits per heavy atom. The number of benzene rings is 3. The molecule has 0 aliphatic heterocycles. The van der Waals surface area contributed by atoms with Crippen LogP contribution >= 0.6 is 0 Å². The van der Waals surface area contributed by atoms with E-state index in [1.54, 1.807) is 48.5 Å². The zero-order valence-corrected chi connectivity index (χ0v) is 16.4. The molecular weight excluding hydrogens is 364 g/mol. The van der Waals surface area contributed by atoms with Crippen LogP contribution in [-0.4, -0.2) is 18.4 Å². The number of rotatable bonds is 8. The normalized spacial score (nSPS) is 10.2. The van der Waals surface area contributed by atoms with E-state index in [0.29, 0.717) is 30.0 Å². The van der Waals surface area contributed by atoms with Gasteiger partial charge in [-0.1, -0.05) is 43.3 Å². The van der Waals surface area contributed by atoms with Crippen molar-refractivity contribution < 1.29 is 14.3 Å². The average molecular weight is 388 g/mol. The highest BCUT2D eigenvalue weighted by molar-refractivity contribution is 6.05. The molecule has 5 nitrogen and oxygen atoms in total. The Bertz CT molecular complexity index is 953. The molecule has 148 valence electrons. The third-order valence-electron chi connectivity index (χ3n) is 4.27. The Labute approximate surface area is 170 Å². The lowest BCUT2D eigenvalue weighted by Gasteiger charge is -2.09. The van der Waals surface area contributed by atoms with E-state index >= 15 is 0 Å². The number of ether oxygens (including phenoxy) is 1. The summed E-state index contributed by atoms with van der Waals surface area (Å²) >= 11 is 0. The molecule has 0 bridgehead atoms. The minimum Gasteiger partial charge on any atom is -0.494 e. The summed E-state index contributed by atoms with van der Waals surface area (Å²) in [6.07, 6.45) is 0.928. The number of amides is 2. The van der Waals surface area contributed by atoms with Crippen LogP contribution in [-0.2, 0) is 6.54 Å². The predicted molar refractivity (Wildman–Crippen MR) is 114 cm³/mol. The first-order valence-electron chi connectivity index (χ1n) is 9.62. The number of hydrogen-bond acceptors (Lipinski definition) is 3. The molecule has 0 aromatic heterocycles. The number of nitrogens with one attached hydrogen (secondary N) is 2. The Hall–Kier alpha value is -3.60. The van der Waals surface area contributed by atoms with Gasteiger partial charge in [0, 0.05) is 23.4 Å². The quantitative estimate of drug-likeness (QED) is 0.590. The minimum absolute atomic E-state index is 0.192. The zero-order valence-electron chi connectivity index (χ0n) is 16.4.